The highest BCUT2D eigenvalue weighted by molar-refractivity contribution is 9.10. The SMILES string of the molecule is CCC1COCCN1c1cc(Br)cc(C#N)c1. The number of hydrogen-bond acceptors (Lipinski definition) is 3. The lowest BCUT2D eigenvalue weighted by molar-refractivity contribution is 0.0930. The van der Waals surface area contributed by atoms with Crippen molar-refractivity contribution in [2.45, 2.75) is 19.4 Å². The third-order valence-electron chi connectivity index (χ3n) is 3.04. The van der Waals surface area contributed by atoms with Crippen LogP contribution in [0.5, 0.6) is 0 Å². The number of benzene rings is 1. The Morgan fingerprint density at radius 2 is 2.35 bits per heavy atom. The Kier molecular flexibility index (Phi) is 4.03. The number of rotatable bonds is 2. The maximum absolute atomic E-state index is 8.99. The standard InChI is InChI=1S/C13H15BrN2O/c1-2-12-9-17-4-3-16(12)13-6-10(8-15)5-11(14)7-13/h5-7,12H,2-4,9H2,1H3. The van der Waals surface area contributed by atoms with Crippen molar-refractivity contribution < 1.29 is 4.74 Å². The first kappa shape index (κ1) is 12.4. The number of anilines is 1. The maximum atomic E-state index is 8.99. The molecule has 1 fully saturated rings. The molecule has 0 N–H and O–H groups in total. The van der Waals surface area contributed by atoms with Crippen LogP contribution in [0.2, 0.25) is 0 Å². The monoisotopic (exact) mass is 294 g/mol. The minimum atomic E-state index is 0.407. The Hall–Kier alpha value is -1.05. The third kappa shape index (κ3) is 2.80. The van der Waals surface area contributed by atoms with Crippen LogP contribution in [0.25, 0.3) is 0 Å². The van der Waals surface area contributed by atoms with Gasteiger partial charge in [-0.3, -0.25) is 0 Å². The second kappa shape index (κ2) is 5.52. The first-order chi connectivity index (χ1) is 8.24. The zero-order valence-corrected chi connectivity index (χ0v) is 11.4. The molecule has 1 saturated heterocycles. The molecular weight excluding hydrogens is 280 g/mol. The predicted octanol–water partition coefficient (Wildman–Crippen LogP) is 2.94. The molecule has 0 radical (unpaired) electrons. The third-order valence-corrected chi connectivity index (χ3v) is 3.50. The molecule has 0 aliphatic carbocycles. The second-order valence-electron chi connectivity index (χ2n) is 4.14. The van der Waals surface area contributed by atoms with Crippen LogP contribution in [0.1, 0.15) is 18.9 Å². The van der Waals surface area contributed by atoms with Gasteiger partial charge in [0.2, 0.25) is 0 Å². The van der Waals surface area contributed by atoms with Gasteiger partial charge in [-0.1, -0.05) is 22.9 Å². The Morgan fingerprint density at radius 1 is 1.53 bits per heavy atom. The molecule has 0 spiro atoms. The summed E-state index contributed by atoms with van der Waals surface area (Å²) in [7, 11) is 0. The lowest BCUT2D eigenvalue weighted by atomic mass is 10.1. The van der Waals surface area contributed by atoms with E-state index >= 15 is 0 Å². The topological polar surface area (TPSA) is 36.3 Å². The highest BCUT2D eigenvalue weighted by atomic mass is 79.9. The van der Waals surface area contributed by atoms with Crippen molar-refractivity contribution >= 4 is 21.6 Å². The molecule has 0 aromatic heterocycles. The minimum Gasteiger partial charge on any atom is -0.377 e. The Bertz CT molecular complexity index is 442. The fourth-order valence-electron chi connectivity index (χ4n) is 2.14. The van der Waals surface area contributed by atoms with E-state index < -0.39 is 0 Å². The van der Waals surface area contributed by atoms with Crippen LogP contribution in [-0.4, -0.2) is 25.8 Å². The highest BCUT2D eigenvalue weighted by Crippen LogP contribution is 2.26. The van der Waals surface area contributed by atoms with E-state index in [9.17, 15) is 0 Å². The van der Waals surface area contributed by atoms with E-state index in [1.165, 1.54) is 0 Å². The molecule has 0 saturated carbocycles. The van der Waals surface area contributed by atoms with Gasteiger partial charge in [-0.25, -0.2) is 0 Å². The fourth-order valence-corrected chi connectivity index (χ4v) is 2.62. The summed E-state index contributed by atoms with van der Waals surface area (Å²) in [5.41, 5.74) is 1.79. The molecule has 0 bridgehead atoms. The lowest BCUT2D eigenvalue weighted by Gasteiger charge is -2.37. The first-order valence-corrected chi connectivity index (χ1v) is 6.59. The normalized spacial score (nSPS) is 20.1. The number of nitrogens with zero attached hydrogens (tertiary/aromatic N) is 2. The molecule has 1 heterocycles. The van der Waals surface area contributed by atoms with Crippen LogP contribution in [-0.2, 0) is 4.74 Å². The molecule has 3 nitrogen and oxygen atoms in total. The van der Waals surface area contributed by atoms with Gasteiger partial charge in [0.1, 0.15) is 0 Å². The van der Waals surface area contributed by atoms with Crippen molar-refractivity contribution in [3.05, 3.63) is 28.2 Å². The lowest BCUT2D eigenvalue weighted by Crippen LogP contribution is -2.45. The number of halogens is 1. The molecule has 1 aromatic carbocycles. The molecule has 1 unspecified atom stereocenters. The van der Waals surface area contributed by atoms with Crippen molar-refractivity contribution in [2.75, 3.05) is 24.7 Å². The molecule has 4 heteroatoms. The van der Waals surface area contributed by atoms with E-state index in [2.05, 4.69) is 39.9 Å². The van der Waals surface area contributed by atoms with Gasteiger partial charge in [-0.05, 0) is 24.6 Å². The Balaban J connectivity index is 2.31. The molecule has 90 valence electrons. The van der Waals surface area contributed by atoms with Crippen LogP contribution in [0.4, 0.5) is 5.69 Å². The van der Waals surface area contributed by atoms with E-state index in [0.717, 1.165) is 36.3 Å². The molecule has 0 amide bonds. The van der Waals surface area contributed by atoms with Crippen LogP contribution in [0.15, 0.2) is 22.7 Å². The van der Waals surface area contributed by atoms with Crippen LogP contribution in [0.3, 0.4) is 0 Å². The Labute approximate surface area is 110 Å². The molecule has 1 atom stereocenters. The highest BCUT2D eigenvalue weighted by Gasteiger charge is 2.22. The first-order valence-electron chi connectivity index (χ1n) is 5.79. The van der Waals surface area contributed by atoms with E-state index in [0.29, 0.717) is 11.6 Å². The van der Waals surface area contributed by atoms with E-state index in [1.54, 1.807) is 0 Å². The smallest absolute Gasteiger partial charge is 0.0992 e. The van der Waals surface area contributed by atoms with Crippen molar-refractivity contribution in [2.24, 2.45) is 0 Å². The summed E-state index contributed by atoms with van der Waals surface area (Å²) in [5.74, 6) is 0. The van der Waals surface area contributed by atoms with Gasteiger partial charge in [0.25, 0.3) is 0 Å². The number of hydrogen-bond donors (Lipinski definition) is 0. The average molecular weight is 295 g/mol. The number of nitriles is 1. The van der Waals surface area contributed by atoms with Gasteiger partial charge in [-0.15, -0.1) is 0 Å². The van der Waals surface area contributed by atoms with Crippen LogP contribution >= 0.6 is 15.9 Å². The summed E-state index contributed by atoms with van der Waals surface area (Å²) in [4.78, 5) is 2.33. The summed E-state index contributed by atoms with van der Waals surface area (Å²) in [6.45, 7) is 4.57. The predicted molar refractivity (Wildman–Crippen MR) is 71.1 cm³/mol. The summed E-state index contributed by atoms with van der Waals surface area (Å²) < 4.78 is 6.44. The van der Waals surface area contributed by atoms with E-state index in [-0.39, 0.29) is 0 Å². The largest absolute Gasteiger partial charge is 0.377 e. The van der Waals surface area contributed by atoms with Gasteiger partial charge in [-0.2, -0.15) is 5.26 Å². The second-order valence-corrected chi connectivity index (χ2v) is 5.06. The minimum absolute atomic E-state index is 0.407. The quantitative estimate of drug-likeness (QED) is 0.841. The van der Waals surface area contributed by atoms with E-state index in [1.807, 2.05) is 12.1 Å². The van der Waals surface area contributed by atoms with Crippen molar-refractivity contribution in [3.63, 3.8) is 0 Å². The van der Waals surface area contributed by atoms with Crippen molar-refractivity contribution in [1.82, 2.24) is 0 Å². The van der Waals surface area contributed by atoms with Gasteiger partial charge < -0.3 is 9.64 Å². The molecule has 17 heavy (non-hydrogen) atoms. The van der Waals surface area contributed by atoms with Crippen molar-refractivity contribution in [1.29, 1.82) is 5.26 Å². The van der Waals surface area contributed by atoms with Gasteiger partial charge in [0, 0.05) is 16.7 Å². The van der Waals surface area contributed by atoms with Gasteiger partial charge >= 0.3 is 0 Å². The number of ether oxygens (including phenoxy) is 1. The fraction of sp³-hybridized carbons (Fsp3) is 0.462. The molecule has 2 rings (SSSR count). The zero-order valence-electron chi connectivity index (χ0n) is 9.82. The summed E-state index contributed by atoms with van der Waals surface area (Å²) in [6, 6.07) is 8.44. The molecular formula is C13H15BrN2O. The summed E-state index contributed by atoms with van der Waals surface area (Å²) >= 11 is 3.45. The molecule has 1 aliphatic rings. The van der Waals surface area contributed by atoms with Crippen molar-refractivity contribution in [3.8, 4) is 6.07 Å². The van der Waals surface area contributed by atoms with E-state index in [4.69, 9.17) is 10.00 Å². The zero-order chi connectivity index (χ0) is 12.3. The van der Waals surface area contributed by atoms with Gasteiger partial charge in [0.05, 0.1) is 30.9 Å². The van der Waals surface area contributed by atoms with Crippen LogP contribution in [0, 0.1) is 11.3 Å². The number of morpholine rings is 1. The maximum Gasteiger partial charge on any atom is 0.0992 e. The summed E-state index contributed by atoms with van der Waals surface area (Å²) in [6.07, 6.45) is 1.05. The Morgan fingerprint density at radius 3 is 3.06 bits per heavy atom. The average Bonchev–Trinajstić information content (AvgIpc) is 2.37. The molecule has 1 aliphatic heterocycles. The molecule has 1 aromatic rings. The van der Waals surface area contributed by atoms with Gasteiger partial charge in [0.15, 0.2) is 0 Å². The van der Waals surface area contributed by atoms with Crippen LogP contribution < -0.4 is 4.90 Å². The summed E-state index contributed by atoms with van der Waals surface area (Å²) in [5, 5.41) is 8.99.